The molecule has 4 aliphatic carbocycles. The summed E-state index contributed by atoms with van der Waals surface area (Å²) in [4.78, 5) is 0. The molecule has 4 aliphatic rings. The zero-order chi connectivity index (χ0) is 18.1. The van der Waals surface area contributed by atoms with Crippen molar-refractivity contribution >= 4 is 12.4 Å². The lowest BCUT2D eigenvalue weighted by atomic mass is 9.54. The van der Waals surface area contributed by atoms with E-state index in [2.05, 4.69) is 43.4 Å². The molecule has 27 heavy (non-hydrogen) atoms. The van der Waals surface area contributed by atoms with Crippen molar-refractivity contribution in [3.63, 3.8) is 0 Å². The first-order chi connectivity index (χ1) is 12.5. The molecule has 4 bridgehead atoms. The number of aliphatic hydroxyl groups excluding tert-OH is 1. The fourth-order valence-electron chi connectivity index (χ4n) is 6.11. The predicted octanol–water partition coefficient (Wildman–Crippen LogP) is 4.80. The molecular formula is C23H36ClNO2. The van der Waals surface area contributed by atoms with Gasteiger partial charge in [-0.25, -0.2) is 0 Å². The quantitative estimate of drug-likeness (QED) is 0.666. The van der Waals surface area contributed by atoms with Gasteiger partial charge >= 0.3 is 0 Å². The Morgan fingerprint density at radius 2 is 1.63 bits per heavy atom. The van der Waals surface area contributed by atoms with Gasteiger partial charge in [-0.1, -0.05) is 36.8 Å². The number of rotatable bonds is 8. The van der Waals surface area contributed by atoms with Gasteiger partial charge in [0, 0.05) is 12.6 Å². The van der Waals surface area contributed by atoms with Gasteiger partial charge < -0.3 is 15.2 Å². The van der Waals surface area contributed by atoms with Gasteiger partial charge in [0.2, 0.25) is 0 Å². The lowest BCUT2D eigenvalue weighted by molar-refractivity contribution is -0.174. The van der Waals surface area contributed by atoms with Gasteiger partial charge in [0.1, 0.15) is 0 Å². The van der Waals surface area contributed by atoms with E-state index >= 15 is 0 Å². The molecule has 5 rings (SSSR count). The van der Waals surface area contributed by atoms with E-state index in [1.807, 2.05) is 0 Å². The molecule has 0 radical (unpaired) electrons. The van der Waals surface area contributed by atoms with Gasteiger partial charge in [0.05, 0.1) is 18.3 Å². The van der Waals surface area contributed by atoms with Crippen LogP contribution in [0.4, 0.5) is 0 Å². The summed E-state index contributed by atoms with van der Waals surface area (Å²) in [6.07, 6.45) is 8.60. The van der Waals surface area contributed by atoms with Gasteiger partial charge in [-0.3, -0.25) is 0 Å². The van der Waals surface area contributed by atoms with Crippen molar-refractivity contribution in [1.29, 1.82) is 0 Å². The maximum Gasteiger partial charge on any atom is 0.0898 e. The standard InChI is InChI=1S/C23H35NO2.ClH/c1-3-22(20-6-4-16(2)5-7-20)24-14-21(25)15-26-23-11-17-8-18(12-23)10-19(9-17)13-23;/h4-7,17-19,21-22,24-25H,3,8-15H2,1-2H3;1H. The monoisotopic (exact) mass is 393 g/mol. The van der Waals surface area contributed by atoms with Gasteiger partial charge in [0.25, 0.3) is 0 Å². The molecule has 0 aliphatic heterocycles. The Balaban J connectivity index is 0.00000210. The fourth-order valence-corrected chi connectivity index (χ4v) is 6.11. The Morgan fingerprint density at radius 3 is 2.15 bits per heavy atom. The van der Waals surface area contributed by atoms with E-state index in [4.69, 9.17) is 4.74 Å². The second kappa shape index (κ2) is 8.82. The summed E-state index contributed by atoms with van der Waals surface area (Å²) in [5, 5.41) is 14.0. The van der Waals surface area contributed by atoms with Crippen LogP contribution in [0.3, 0.4) is 0 Å². The summed E-state index contributed by atoms with van der Waals surface area (Å²) >= 11 is 0. The van der Waals surface area contributed by atoms with Crippen LogP contribution in [0, 0.1) is 24.7 Å². The van der Waals surface area contributed by atoms with E-state index in [0.29, 0.717) is 19.2 Å². The van der Waals surface area contributed by atoms with Crippen molar-refractivity contribution in [3.05, 3.63) is 35.4 Å². The van der Waals surface area contributed by atoms with Crippen LogP contribution < -0.4 is 5.32 Å². The largest absolute Gasteiger partial charge is 0.389 e. The van der Waals surface area contributed by atoms with Crippen LogP contribution in [0.25, 0.3) is 0 Å². The van der Waals surface area contributed by atoms with Crippen LogP contribution >= 0.6 is 12.4 Å². The zero-order valence-corrected chi connectivity index (χ0v) is 17.6. The van der Waals surface area contributed by atoms with Gasteiger partial charge in [-0.15, -0.1) is 12.4 Å². The SMILES string of the molecule is CCC(NCC(O)COC12CC3CC(CC(C3)C1)C2)c1ccc(C)cc1.Cl. The molecule has 1 aromatic rings. The predicted molar refractivity (Wildman–Crippen MR) is 112 cm³/mol. The zero-order valence-electron chi connectivity index (χ0n) is 16.8. The molecule has 0 heterocycles. The molecule has 0 spiro atoms. The Hall–Kier alpha value is -0.610. The first-order valence-electron chi connectivity index (χ1n) is 10.7. The van der Waals surface area contributed by atoms with Crippen molar-refractivity contribution in [3.8, 4) is 0 Å². The normalized spacial score (nSPS) is 33.5. The van der Waals surface area contributed by atoms with Gasteiger partial charge in [-0.05, 0) is 75.2 Å². The van der Waals surface area contributed by atoms with Crippen molar-refractivity contribution in [2.24, 2.45) is 17.8 Å². The van der Waals surface area contributed by atoms with E-state index in [1.165, 1.54) is 49.7 Å². The molecule has 0 amide bonds. The maximum atomic E-state index is 10.5. The van der Waals surface area contributed by atoms with E-state index < -0.39 is 6.10 Å². The highest BCUT2D eigenvalue weighted by Gasteiger charge is 2.51. The number of hydrogen-bond donors (Lipinski definition) is 2. The van der Waals surface area contributed by atoms with Crippen LogP contribution in [0.5, 0.6) is 0 Å². The number of halogens is 1. The average molecular weight is 394 g/mol. The summed E-state index contributed by atoms with van der Waals surface area (Å²) in [6, 6.07) is 8.99. The Bertz CT molecular complexity index is 568. The maximum absolute atomic E-state index is 10.5. The summed E-state index contributed by atoms with van der Waals surface area (Å²) in [6.45, 7) is 5.38. The highest BCUT2D eigenvalue weighted by atomic mass is 35.5. The first-order valence-corrected chi connectivity index (χ1v) is 10.7. The fraction of sp³-hybridized carbons (Fsp3) is 0.739. The highest BCUT2D eigenvalue weighted by molar-refractivity contribution is 5.85. The van der Waals surface area contributed by atoms with E-state index in [1.54, 1.807) is 0 Å². The molecule has 2 atom stereocenters. The molecule has 4 fully saturated rings. The second-order valence-corrected chi connectivity index (χ2v) is 9.35. The number of ether oxygens (including phenoxy) is 1. The van der Waals surface area contributed by atoms with Crippen LogP contribution in [0.15, 0.2) is 24.3 Å². The van der Waals surface area contributed by atoms with Gasteiger partial charge in [-0.2, -0.15) is 0 Å². The number of aryl methyl sites for hydroxylation is 1. The van der Waals surface area contributed by atoms with E-state index in [9.17, 15) is 5.11 Å². The van der Waals surface area contributed by atoms with Crippen LogP contribution in [-0.2, 0) is 4.74 Å². The Morgan fingerprint density at radius 1 is 1.07 bits per heavy atom. The van der Waals surface area contributed by atoms with E-state index in [-0.39, 0.29) is 18.0 Å². The minimum Gasteiger partial charge on any atom is -0.389 e. The third kappa shape index (κ3) is 4.87. The van der Waals surface area contributed by atoms with Crippen LogP contribution in [-0.4, -0.2) is 30.0 Å². The lowest BCUT2D eigenvalue weighted by Gasteiger charge is -2.56. The molecule has 4 heteroatoms. The Kier molecular flexibility index (Phi) is 6.89. The molecule has 3 nitrogen and oxygen atoms in total. The minimum absolute atomic E-state index is 0. The van der Waals surface area contributed by atoms with Crippen LogP contribution in [0.1, 0.15) is 69.0 Å². The molecule has 4 saturated carbocycles. The minimum atomic E-state index is -0.428. The molecule has 2 N–H and O–H groups in total. The second-order valence-electron chi connectivity index (χ2n) is 9.35. The number of aliphatic hydroxyl groups is 1. The number of hydrogen-bond acceptors (Lipinski definition) is 3. The van der Waals surface area contributed by atoms with Crippen molar-refractivity contribution < 1.29 is 9.84 Å². The summed E-state index contributed by atoms with van der Waals surface area (Å²) < 4.78 is 6.40. The molecular weight excluding hydrogens is 358 g/mol. The third-order valence-corrected chi connectivity index (χ3v) is 7.05. The molecule has 0 aromatic heterocycles. The average Bonchev–Trinajstić information content (AvgIpc) is 2.61. The molecule has 0 saturated heterocycles. The van der Waals surface area contributed by atoms with Crippen molar-refractivity contribution in [2.75, 3.05) is 13.2 Å². The number of nitrogens with one attached hydrogen (secondary N) is 1. The number of benzene rings is 1. The van der Waals surface area contributed by atoms with Crippen molar-refractivity contribution in [1.82, 2.24) is 5.32 Å². The first kappa shape index (κ1) is 21.1. The molecule has 152 valence electrons. The lowest BCUT2D eigenvalue weighted by Crippen LogP contribution is -2.53. The highest BCUT2D eigenvalue weighted by Crippen LogP contribution is 2.57. The van der Waals surface area contributed by atoms with Gasteiger partial charge in [0.15, 0.2) is 0 Å². The molecule has 2 unspecified atom stereocenters. The van der Waals surface area contributed by atoms with Crippen LogP contribution in [0.2, 0.25) is 0 Å². The summed E-state index contributed by atoms with van der Waals surface area (Å²) in [5.74, 6) is 2.67. The smallest absolute Gasteiger partial charge is 0.0898 e. The molecule has 1 aromatic carbocycles. The topological polar surface area (TPSA) is 41.5 Å². The van der Waals surface area contributed by atoms with Crippen molar-refractivity contribution in [2.45, 2.75) is 76.5 Å². The summed E-state index contributed by atoms with van der Waals surface area (Å²) in [5.41, 5.74) is 2.68. The van der Waals surface area contributed by atoms with E-state index in [0.717, 1.165) is 24.2 Å². The third-order valence-electron chi connectivity index (χ3n) is 7.05. The summed E-state index contributed by atoms with van der Waals surface area (Å²) in [7, 11) is 0. The Labute approximate surface area is 170 Å².